The molecule has 1 rings (SSSR count). The molecule has 1 atom stereocenters. The molecule has 3 N–H and O–H groups in total. The van der Waals surface area contributed by atoms with Crippen LogP contribution in [-0.2, 0) is 21.0 Å². The SMILES string of the molecule is NOC(CCCCC(=O)O)COCc1ccccc1. The van der Waals surface area contributed by atoms with E-state index >= 15 is 0 Å². The maximum Gasteiger partial charge on any atom is 0.303 e. The van der Waals surface area contributed by atoms with Crippen LogP contribution in [0.15, 0.2) is 30.3 Å². The van der Waals surface area contributed by atoms with E-state index in [1.165, 1.54) is 0 Å². The fourth-order valence-electron chi connectivity index (χ4n) is 1.72. The second kappa shape index (κ2) is 9.49. The van der Waals surface area contributed by atoms with Crippen LogP contribution in [-0.4, -0.2) is 23.8 Å². The number of unbranched alkanes of at least 4 members (excludes halogenated alkanes) is 1. The maximum absolute atomic E-state index is 10.4. The number of ether oxygens (including phenoxy) is 1. The molecule has 106 valence electrons. The zero-order valence-electron chi connectivity index (χ0n) is 11.0. The van der Waals surface area contributed by atoms with Gasteiger partial charge in [0, 0.05) is 6.42 Å². The monoisotopic (exact) mass is 267 g/mol. The highest BCUT2D eigenvalue weighted by molar-refractivity contribution is 5.66. The van der Waals surface area contributed by atoms with Crippen LogP contribution in [0, 0.1) is 0 Å². The van der Waals surface area contributed by atoms with Gasteiger partial charge in [-0.25, -0.2) is 5.90 Å². The lowest BCUT2D eigenvalue weighted by Gasteiger charge is -2.14. The van der Waals surface area contributed by atoms with Crippen LogP contribution in [0.2, 0.25) is 0 Å². The summed E-state index contributed by atoms with van der Waals surface area (Å²) in [5.41, 5.74) is 1.10. The van der Waals surface area contributed by atoms with Crippen LogP contribution in [0.4, 0.5) is 0 Å². The van der Waals surface area contributed by atoms with Gasteiger partial charge in [-0.1, -0.05) is 36.8 Å². The van der Waals surface area contributed by atoms with Crippen LogP contribution in [0.25, 0.3) is 0 Å². The number of carboxylic acid groups (broad SMARTS) is 1. The van der Waals surface area contributed by atoms with Crippen LogP contribution in [0.1, 0.15) is 31.2 Å². The van der Waals surface area contributed by atoms with E-state index < -0.39 is 5.97 Å². The van der Waals surface area contributed by atoms with Crippen molar-refractivity contribution in [2.24, 2.45) is 5.90 Å². The Morgan fingerprint density at radius 2 is 2.00 bits per heavy atom. The van der Waals surface area contributed by atoms with E-state index in [0.29, 0.717) is 26.1 Å². The van der Waals surface area contributed by atoms with Crippen LogP contribution >= 0.6 is 0 Å². The number of rotatable bonds is 10. The Bertz CT molecular complexity index is 356. The lowest BCUT2D eigenvalue weighted by molar-refractivity contribution is -0.137. The Morgan fingerprint density at radius 1 is 1.26 bits per heavy atom. The van der Waals surface area contributed by atoms with Crippen molar-refractivity contribution in [3.63, 3.8) is 0 Å². The summed E-state index contributed by atoms with van der Waals surface area (Å²) in [6.45, 7) is 0.939. The molecule has 0 saturated carbocycles. The molecule has 0 saturated heterocycles. The molecular weight excluding hydrogens is 246 g/mol. The molecule has 5 heteroatoms. The van der Waals surface area contributed by atoms with Crippen molar-refractivity contribution in [2.45, 2.75) is 38.4 Å². The van der Waals surface area contributed by atoms with Gasteiger partial charge in [-0.05, 0) is 18.4 Å². The summed E-state index contributed by atoms with van der Waals surface area (Å²) in [6, 6.07) is 9.86. The first-order chi connectivity index (χ1) is 9.22. The van der Waals surface area contributed by atoms with E-state index in [-0.39, 0.29) is 12.5 Å². The summed E-state index contributed by atoms with van der Waals surface area (Å²) in [7, 11) is 0. The van der Waals surface area contributed by atoms with Gasteiger partial charge in [0.1, 0.15) is 6.10 Å². The number of carbonyl (C=O) groups is 1. The quantitative estimate of drug-likeness (QED) is 0.501. The molecule has 1 aromatic carbocycles. The van der Waals surface area contributed by atoms with Gasteiger partial charge in [0.15, 0.2) is 0 Å². The van der Waals surface area contributed by atoms with Gasteiger partial charge in [-0.2, -0.15) is 0 Å². The highest BCUT2D eigenvalue weighted by Gasteiger charge is 2.09. The first-order valence-corrected chi connectivity index (χ1v) is 6.41. The first-order valence-electron chi connectivity index (χ1n) is 6.41. The van der Waals surface area contributed by atoms with Gasteiger partial charge in [0.2, 0.25) is 0 Å². The molecule has 0 spiro atoms. The normalized spacial score (nSPS) is 12.3. The Kier molecular flexibility index (Phi) is 7.81. The lowest BCUT2D eigenvalue weighted by atomic mass is 10.1. The zero-order chi connectivity index (χ0) is 13.9. The van der Waals surface area contributed by atoms with E-state index in [1.54, 1.807) is 0 Å². The van der Waals surface area contributed by atoms with Gasteiger partial charge in [-0.3, -0.25) is 9.63 Å². The van der Waals surface area contributed by atoms with Crippen LogP contribution in [0.5, 0.6) is 0 Å². The number of carboxylic acids is 1. The average Bonchev–Trinajstić information content (AvgIpc) is 2.42. The molecule has 1 aromatic rings. The number of hydrogen-bond donors (Lipinski definition) is 2. The predicted molar refractivity (Wildman–Crippen MR) is 71.3 cm³/mol. The Balaban J connectivity index is 2.13. The fraction of sp³-hybridized carbons (Fsp3) is 0.500. The van der Waals surface area contributed by atoms with Crippen molar-refractivity contribution in [3.05, 3.63) is 35.9 Å². The van der Waals surface area contributed by atoms with E-state index in [0.717, 1.165) is 12.0 Å². The first kappa shape index (κ1) is 15.6. The van der Waals surface area contributed by atoms with Crippen molar-refractivity contribution >= 4 is 5.97 Å². The molecule has 0 aliphatic rings. The minimum atomic E-state index is -0.773. The van der Waals surface area contributed by atoms with E-state index in [4.69, 9.17) is 20.6 Å². The lowest BCUT2D eigenvalue weighted by Crippen LogP contribution is -2.23. The zero-order valence-corrected chi connectivity index (χ0v) is 11.0. The van der Waals surface area contributed by atoms with Crippen molar-refractivity contribution in [1.29, 1.82) is 0 Å². The van der Waals surface area contributed by atoms with Crippen LogP contribution in [0.3, 0.4) is 0 Å². The van der Waals surface area contributed by atoms with Gasteiger partial charge in [-0.15, -0.1) is 0 Å². The second-order valence-electron chi connectivity index (χ2n) is 4.40. The molecule has 0 radical (unpaired) electrons. The number of benzene rings is 1. The standard InChI is InChI=1S/C14H21NO4/c15-19-13(8-4-5-9-14(16)17)11-18-10-12-6-2-1-3-7-12/h1-3,6-7,13H,4-5,8-11,15H2,(H,16,17). The van der Waals surface area contributed by atoms with E-state index in [1.807, 2.05) is 30.3 Å². The Hall–Kier alpha value is -1.43. The van der Waals surface area contributed by atoms with Gasteiger partial charge in [0.25, 0.3) is 0 Å². The summed E-state index contributed by atoms with van der Waals surface area (Å²) >= 11 is 0. The van der Waals surface area contributed by atoms with Crippen molar-refractivity contribution in [3.8, 4) is 0 Å². The molecule has 0 aliphatic carbocycles. The topological polar surface area (TPSA) is 81.8 Å². The molecule has 1 unspecified atom stereocenters. The summed E-state index contributed by atoms with van der Waals surface area (Å²) in [5, 5.41) is 8.52. The molecule has 0 amide bonds. The van der Waals surface area contributed by atoms with Crippen LogP contribution < -0.4 is 5.90 Å². The third-order valence-electron chi connectivity index (χ3n) is 2.77. The van der Waals surface area contributed by atoms with E-state index in [9.17, 15) is 4.79 Å². The number of aliphatic carboxylic acids is 1. The highest BCUT2D eigenvalue weighted by Crippen LogP contribution is 2.08. The van der Waals surface area contributed by atoms with Crippen molar-refractivity contribution < 1.29 is 19.5 Å². The molecular formula is C14H21NO4. The largest absolute Gasteiger partial charge is 0.481 e. The van der Waals surface area contributed by atoms with Gasteiger partial charge in [0.05, 0.1) is 13.2 Å². The molecule has 19 heavy (non-hydrogen) atoms. The maximum atomic E-state index is 10.4. The molecule has 0 aliphatic heterocycles. The fourth-order valence-corrected chi connectivity index (χ4v) is 1.72. The summed E-state index contributed by atoms with van der Waals surface area (Å²) < 4.78 is 5.53. The smallest absolute Gasteiger partial charge is 0.303 e. The summed E-state index contributed by atoms with van der Waals surface area (Å²) in [6.07, 6.45) is 2.11. The van der Waals surface area contributed by atoms with Crippen molar-refractivity contribution in [1.82, 2.24) is 0 Å². The molecule has 0 bridgehead atoms. The number of hydrogen-bond acceptors (Lipinski definition) is 4. The van der Waals surface area contributed by atoms with Crippen molar-refractivity contribution in [2.75, 3.05) is 6.61 Å². The molecule has 0 aromatic heterocycles. The van der Waals surface area contributed by atoms with E-state index in [2.05, 4.69) is 0 Å². The Labute approximate surface area is 113 Å². The second-order valence-corrected chi connectivity index (χ2v) is 4.40. The predicted octanol–water partition coefficient (Wildman–Crippen LogP) is 2.11. The molecule has 0 heterocycles. The molecule has 0 fully saturated rings. The Morgan fingerprint density at radius 3 is 2.63 bits per heavy atom. The minimum Gasteiger partial charge on any atom is -0.481 e. The average molecular weight is 267 g/mol. The highest BCUT2D eigenvalue weighted by atomic mass is 16.6. The van der Waals surface area contributed by atoms with Gasteiger partial charge >= 0.3 is 5.97 Å². The third kappa shape index (κ3) is 7.56. The van der Waals surface area contributed by atoms with Gasteiger partial charge < -0.3 is 9.84 Å². The third-order valence-corrected chi connectivity index (χ3v) is 2.77. The summed E-state index contributed by atoms with van der Waals surface area (Å²) in [5.74, 6) is 4.43. The number of nitrogens with two attached hydrogens (primary N) is 1. The molecule has 5 nitrogen and oxygen atoms in total. The summed E-state index contributed by atoms with van der Waals surface area (Å²) in [4.78, 5) is 15.2. The minimum absolute atomic E-state index is 0.183.